The molecule has 6 heteroatoms. The van der Waals surface area contributed by atoms with Crippen molar-refractivity contribution in [3.63, 3.8) is 0 Å². The summed E-state index contributed by atoms with van der Waals surface area (Å²) in [7, 11) is 0. The number of alkyl halides is 3. The second kappa shape index (κ2) is 3.78. The Hall–Kier alpha value is -1.04. The molecule has 0 bridgehead atoms. The van der Waals surface area contributed by atoms with Crippen molar-refractivity contribution in [3.05, 3.63) is 17.8 Å². The normalized spacial score (nSPS) is 12.0. The van der Waals surface area contributed by atoms with Gasteiger partial charge in [-0.25, -0.2) is 4.98 Å². The van der Waals surface area contributed by atoms with Gasteiger partial charge in [-0.1, -0.05) is 0 Å². The molecule has 0 amide bonds. The minimum absolute atomic E-state index is 0.00127. The van der Waals surface area contributed by atoms with Gasteiger partial charge < -0.3 is 9.52 Å². The van der Waals surface area contributed by atoms with Crippen LogP contribution >= 0.6 is 0 Å². The SMILES string of the molecule is OCCCc1nc(C(F)(F)F)co1. The third-order valence-electron chi connectivity index (χ3n) is 1.39. The number of aliphatic hydroxyl groups excluding tert-OH is 1. The van der Waals surface area contributed by atoms with Crippen LogP contribution < -0.4 is 0 Å². The number of hydrogen-bond donors (Lipinski definition) is 1. The molecule has 1 N–H and O–H groups in total. The van der Waals surface area contributed by atoms with Crippen LogP contribution in [-0.2, 0) is 12.6 Å². The van der Waals surface area contributed by atoms with E-state index >= 15 is 0 Å². The first-order valence-corrected chi connectivity index (χ1v) is 3.66. The monoisotopic (exact) mass is 195 g/mol. The summed E-state index contributed by atoms with van der Waals surface area (Å²) in [6.45, 7) is -0.0935. The Morgan fingerprint density at radius 2 is 2.15 bits per heavy atom. The Balaban J connectivity index is 2.64. The summed E-state index contributed by atoms with van der Waals surface area (Å²) in [5.74, 6) is 0.00127. The molecule has 0 saturated carbocycles. The van der Waals surface area contributed by atoms with Gasteiger partial charge in [0.15, 0.2) is 11.6 Å². The predicted octanol–water partition coefficient (Wildman–Crippen LogP) is 1.62. The molecule has 0 aromatic carbocycles. The quantitative estimate of drug-likeness (QED) is 0.797. The van der Waals surface area contributed by atoms with Gasteiger partial charge in [0.25, 0.3) is 0 Å². The third kappa shape index (κ3) is 2.73. The first kappa shape index (κ1) is 10.0. The number of halogens is 3. The van der Waals surface area contributed by atoms with Crippen LogP contribution in [0, 0.1) is 0 Å². The molecule has 0 unspecified atom stereocenters. The molecule has 0 saturated heterocycles. The first-order valence-electron chi connectivity index (χ1n) is 3.66. The van der Waals surface area contributed by atoms with Crippen molar-refractivity contribution in [2.75, 3.05) is 6.61 Å². The van der Waals surface area contributed by atoms with Crippen LogP contribution in [0.2, 0.25) is 0 Å². The second-order valence-electron chi connectivity index (χ2n) is 2.45. The molecule has 0 spiro atoms. The standard InChI is InChI=1S/C7H8F3NO2/c8-7(9,10)5-4-13-6(11-5)2-1-3-12/h4,12H,1-3H2. The molecule has 3 nitrogen and oxygen atoms in total. The molecule has 1 rings (SSSR count). The largest absolute Gasteiger partial charge is 0.448 e. The van der Waals surface area contributed by atoms with E-state index in [2.05, 4.69) is 9.40 Å². The lowest BCUT2D eigenvalue weighted by molar-refractivity contribution is -0.141. The summed E-state index contributed by atoms with van der Waals surface area (Å²) in [6, 6.07) is 0. The molecule has 0 aliphatic carbocycles. The molecule has 0 aliphatic rings. The van der Waals surface area contributed by atoms with Crippen LogP contribution in [0.3, 0.4) is 0 Å². The van der Waals surface area contributed by atoms with Gasteiger partial charge in [0.1, 0.15) is 6.26 Å². The maximum absolute atomic E-state index is 12.0. The van der Waals surface area contributed by atoms with Gasteiger partial charge in [-0.3, -0.25) is 0 Å². The molecule has 74 valence electrons. The number of hydrogen-bond acceptors (Lipinski definition) is 3. The lowest BCUT2D eigenvalue weighted by atomic mass is 10.3. The van der Waals surface area contributed by atoms with Crippen LogP contribution in [-0.4, -0.2) is 16.7 Å². The molecule has 1 heterocycles. The third-order valence-corrected chi connectivity index (χ3v) is 1.39. The average molecular weight is 195 g/mol. The second-order valence-corrected chi connectivity index (χ2v) is 2.45. The summed E-state index contributed by atoms with van der Waals surface area (Å²) >= 11 is 0. The lowest BCUT2D eigenvalue weighted by Gasteiger charge is -1.98. The molecule has 0 atom stereocenters. The van der Waals surface area contributed by atoms with Crippen LogP contribution in [0.4, 0.5) is 13.2 Å². The van der Waals surface area contributed by atoms with Crippen molar-refractivity contribution >= 4 is 0 Å². The van der Waals surface area contributed by atoms with E-state index in [-0.39, 0.29) is 18.9 Å². The van der Waals surface area contributed by atoms with Crippen molar-refractivity contribution in [2.45, 2.75) is 19.0 Å². The van der Waals surface area contributed by atoms with Crippen molar-refractivity contribution in [1.82, 2.24) is 4.98 Å². The Morgan fingerprint density at radius 3 is 2.62 bits per heavy atom. The number of oxazole rings is 1. The van der Waals surface area contributed by atoms with Gasteiger partial charge >= 0.3 is 6.18 Å². The zero-order valence-corrected chi connectivity index (χ0v) is 6.64. The zero-order chi connectivity index (χ0) is 9.90. The highest BCUT2D eigenvalue weighted by atomic mass is 19.4. The number of aryl methyl sites for hydroxylation is 1. The number of aliphatic hydroxyl groups is 1. The highest BCUT2D eigenvalue weighted by Gasteiger charge is 2.34. The van der Waals surface area contributed by atoms with E-state index in [0.717, 1.165) is 0 Å². The summed E-state index contributed by atoms with van der Waals surface area (Å²) in [6.07, 6.45) is -3.32. The van der Waals surface area contributed by atoms with Crippen molar-refractivity contribution in [2.24, 2.45) is 0 Å². The van der Waals surface area contributed by atoms with E-state index in [0.29, 0.717) is 12.7 Å². The number of aromatic nitrogens is 1. The van der Waals surface area contributed by atoms with E-state index in [1.54, 1.807) is 0 Å². The lowest BCUT2D eigenvalue weighted by Crippen LogP contribution is -2.05. The van der Waals surface area contributed by atoms with Crippen LogP contribution in [0.5, 0.6) is 0 Å². The first-order chi connectivity index (χ1) is 6.04. The number of rotatable bonds is 3. The molecule has 0 aliphatic heterocycles. The molecule has 1 aromatic heterocycles. The minimum atomic E-state index is -4.46. The van der Waals surface area contributed by atoms with Crippen LogP contribution in [0.15, 0.2) is 10.7 Å². The summed E-state index contributed by atoms with van der Waals surface area (Å²) < 4.78 is 40.4. The van der Waals surface area contributed by atoms with Crippen LogP contribution in [0.25, 0.3) is 0 Å². The Kier molecular flexibility index (Phi) is 2.92. The minimum Gasteiger partial charge on any atom is -0.448 e. The van der Waals surface area contributed by atoms with E-state index in [9.17, 15) is 13.2 Å². The van der Waals surface area contributed by atoms with Gasteiger partial charge in [0.05, 0.1) is 0 Å². The van der Waals surface area contributed by atoms with Crippen molar-refractivity contribution in [1.29, 1.82) is 0 Å². The highest BCUT2D eigenvalue weighted by molar-refractivity contribution is 5.00. The maximum Gasteiger partial charge on any atom is 0.436 e. The Bertz CT molecular complexity index is 269. The van der Waals surface area contributed by atoms with Gasteiger partial charge in [-0.15, -0.1) is 0 Å². The topological polar surface area (TPSA) is 46.3 Å². The van der Waals surface area contributed by atoms with E-state index in [1.807, 2.05) is 0 Å². The smallest absolute Gasteiger partial charge is 0.436 e. The molecule has 0 fully saturated rings. The van der Waals surface area contributed by atoms with E-state index in [1.165, 1.54) is 0 Å². The molecule has 1 aromatic rings. The molecular formula is C7H8F3NO2. The average Bonchev–Trinajstić information content (AvgIpc) is 2.47. The Morgan fingerprint density at radius 1 is 1.46 bits per heavy atom. The Labute approximate surface area is 72.2 Å². The highest BCUT2D eigenvalue weighted by Crippen LogP contribution is 2.28. The fourth-order valence-electron chi connectivity index (χ4n) is 0.786. The van der Waals surface area contributed by atoms with Crippen molar-refractivity contribution < 1.29 is 22.7 Å². The summed E-state index contributed by atoms with van der Waals surface area (Å²) in [5, 5.41) is 8.40. The van der Waals surface area contributed by atoms with Gasteiger partial charge in [-0.2, -0.15) is 13.2 Å². The molecule has 13 heavy (non-hydrogen) atoms. The zero-order valence-electron chi connectivity index (χ0n) is 6.64. The van der Waals surface area contributed by atoms with Gasteiger partial charge in [0, 0.05) is 13.0 Å². The molecular weight excluding hydrogens is 187 g/mol. The fourth-order valence-corrected chi connectivity index (χ4v) is 0.786. The van der Waals surface area contributed by atoms with E-state index in [4.69, 9.17) is 5.11 Å². The van der Waals surface area contributed by atoms with E-state index < -0.39 is 11.9 Å². The van der Waals surface area contributed by atoms with Gasteiger partial charge in [0.2, 0.25) is 0 Å². The predicted molar refractivity (Wildman–Crippen MR) is 36.9 cm³/mol. The molecule has 0 radical (unpaired) electrons. The van der Waals surface area contributed by atoms with Gasteiger partial charge in [-0.05, 0) is 6.42 Å². The fraction of sp³-hybridized carbons (Fsp3) is 0.571. The van der Waals surface area contributed by atoms with Crippen LogP contribution in [0.1, 0.15) is 18.0 Å². The maximum atomic E-state index is 12.0. The summed E-state index contributed by atoms with van der Waals surface area (Å²) in [4.78, 5) is 3.22. The number of nitrogens with zero attached hydrogens (tertiary/aromatic N) is 1. The summed E-state index contributed by atoms with van der Waals surface area (Å²) in [5.41, 5.74) is -1.03. The van der Waals surface area contributed by atoms with Crippen molar-refractivity contribution in [3.8, 4) is 0 Å².